The van der Waals surface area contributed by atoms with E-state index in [0.717, 1.165) is 46.4 Å². The highest BCUT2D eigenvalue weighted by atomic mass is 16.5. The number of aromatic nitrogens is 5. The fraction of sp³-hybridized carbons (Fsp3) is 0.440. The first-order valence-electron chi connectivity index (χ1n) is 11.7. The Balaban J connectivity index is 1.39. The molecule has 0 aliphatic carbocycles. The maximum Gasteiger partial charge on any atom is 0.330 e. The monoisotopic (exact) mass is 446 g/mol. The van der Waals surface area contributed by atoms with Gasteiger partial charge in [0.15, 0.2) is 5.65 Å². The number of hydrogen-bond donors (Lipinski definition) is 0. The van der Waals surface area contributed by atoms with Gasteiger partial charge in [0.05, 0.1) is 24.4 Å². The van der Waals surface area contributed by atoms with Crippen LogP contribution >= 0.6 is 0 Å². The van der Waals surface area contributed by atoms with Crippen LogP contribution in [-0.4, -0.2) is 55.5 Å². The summed E-state index contributed by atoms with van der Waals surface area (Å²) < 4.78 is 9.18. The number of pyridine rings is 1. The van der Waals surface area contributed by atoms with Crippen molar-refractivity contribution in [3.63, 3.8) is 0 Å². The third-order valence-corrected chi connectivity index (χ3v) is 6.44. The van der Waals surface area contributed by atoms with E-state index < -0.39 is 0 Å². The Morgan fingerprint density at radius 3 is 2.58 bits per heavy atom. The Morgan fingerprint density at radius 2 is 1.85 bits per heavy atom. The summed E-state index contributed by atoms with van der Waals surface area (Å²) in [5.41, 5.74) is 5.06. The van der Waals surface area contributed by atoms with Crippen molar-refractivity contribution < 1.29 is 4.74 Å². The Morgan fingerprint density at radius 1 is 1.06 bits per heavy atom. The highest BCUT2D eigenvalue weighted by molar-refractivity contribution is 6.02. The largest absolute Gasteiger partial charge is 0.374 e. The molecule has 8 nitrogen and oxygen atoms in total. The Bertz CT molecular complexity index is 1330. The van der Waals surface area contributed by atoms with E-state index in [9.17, 15) is 4.79 Å². The molecule has 0 saturated carbocycles. The summed E-state index contributed by atoms with van der Waals surface area (Å²) in [6.45, 7) is 8.64. The van der Waals surface area contributed by atoms with Crippen molar-refractivity contribution in [1.29, 1.82) is 0 Å². The third-order valence-electron chi connectivity index (χ3n) is 6.44. The summed E-state index contributed by atoms with van der Waals surface area (Å²) in [5.74, 6) is 0. The first-order chi connectivity index (χ1) is 16.0. The normalized spacial score (nSPS) is 14.8. The lowest BCUT2D eigenvalue weighted by atomic mass is 10.0. The van der Waals surface area contributed by atoms with Gasteiger partial charge >= 0.3 is 5.69 Å². The molecule has 1 saturated heterocycles. The van der Waals surface area contributed by atoms with Gasteiger partial charge in [-0.1, -0.05) is 12.1 Å². The van der Waals surface area contributed by atoms with Crippen LogP contribution < -0.4 is 5.69 Å². The molecule has 0 radical (unpaired) electrons. The molecule has 1 aromatic carbocycles. The molecular weight excluding hydrogens is 416 g/mol. The molecule has 172 valence electrons. The zero-order valence-electron chi connectivity index (χ0n) is 19.5. The van der Waals surface area contributed by atoms with Crippen molar-refractivity contribution in [2.75, 3.05) is 26.2 Å². The second-order valence-electron chi connectivity index (χ2n) is 9.05. The molecule has 8 heteroatoms. The van der Waals surface area contributed by atoms with Gasteiger partial charge in [-0.15, -0.1) is 10.2 Å². The highest BCUT2D eigenvalue weighted by Gasteiger charge is 2.18. The molecule has 33 heavy (non-hydrogen) atoms. The summed E-state index contributed by atoms with van der Waals surface area (Å²) >= 11 is 0. The fourth-order valence-corrected chi connectivity index (χ4v) is 4.61. The van der Waals surface area contributed by atoms with Crippen LogP contribution in [0.25, 0.3) is 33.2 Å². The molecule has 0 atom stereocenters. The van der Waals surface area contributed by atoms with Crippen molar-refractivity contribution >= 4 is 22.1 Å². The van der Waals surface area contributed by atoms with Gasteiger partial charge in [-0.3, -0.25) is 14.1 Å². The number of nitrogens with zero attached hydrogens (tertiary/aromatic N) is 6. The minimum Gasteiger partial charge on any atom is -0.374 e. The van der Waals surface area contributed by atoms with E-state index in [1.165, 1.54) is 25.9 Å². The molecule has 1 aliphatic heterocycles. The lowest BCUT2D eigenvalue weighted by Gasteiger charge is -2.14. The molecule has 1 aliphatic rings. The predicted molar refractivity (Wildman–Crippen MR) is 129 cm³/mol. The SMILES string of the molecule is CC(C)n1c(=O)n(C)c2nnc3ccc(-c4ccc(COCCN5CCCC5)nc4)cc3c21. The smallest absolute Gasteiger partial charge is 0.330 e. The summed E-state index contributed by atoms with van der Waals surface area (Å²) in [6.07, 6.45) is 4.48. The second kappa shape index (κ2) is 9.03. The van der Waals surface area contributed by atoms with E-state index in [1.54, 1.807) is 16.2 Å². The lowest BCUT2D eigenvalue weighted by Crippen LogP contribution is -2.23. The zero-order valence-corrected chi connectivity index (χ0v) is 19.5. The molecule has 0 bridgehead atoms. The summed E-state index contributed by atoms with van der Waals surface area (Å²) in [4.78, 5) is 19.8. The van der Waals surface area contributed by atoms with E-state index >= 15 is 0 Å². The fourth-order valence-electron chi connectivity index (χ4n) is 4.61. The average molecular weight is 447 g/mol. The highest BCUT2D eigenvalue weighted by Crippen LogP contribution is 2.28. The van der Waals surface area contributed by atoms with Crippen LogP contribution in [0.5, 0.6) is 0 Å². The minimum absolute atomic E-state index is 0.0173. The van der Waals surface area contributed by atoms with Crippen molar-refractivity contribution in [2.45, 2.75) is 39.3 Å². The molecule has 4 heterocycles. The number of fused-ring (bicyclic) bond motifs is 3. The van der Waals surface area contributed by atoms with Crippen LogP contribution in [0.1, 0.15) is 38.4 Å². The molecule has 1 fully saturated rings. The van der Waals surface area contributed by atoms with E-state index in [1.807, 2.05) is 38.2 Å². The van der Waals surface area contributed by atoms with Crippen LogP contribution in [0.2, 0.25) is 0 Å². The first kappa shape index (κ1) is 21.7. The summed E-state index contributed by atoms with van der Waals surface area (Å²) in [7, 11) is 1.74. The van der Waals surface area contributed by atoms with Gasteiger partial charge in [-0.05, 0) is 63.5 Å². The minimum atomic E-state index is -0.0806. The molecule has 0 unspecified atom stereocenters. The van der Waals surface area contributed by atoms with E-state index in [2.05, 4.69) is 32.2 Å². The van der Waals surface area contributed by atoms with Gasteiger partial charge in [0, 0.05) is 36.8 Å². The van der Waals surface area contributed by atoms with E-state index in [0.29, 0.717) is 12.3 Å². The topological polar surface area (TPSA) is 78.1 Å². The second-order valence-corrected chi connectivity index (χ2v) is 9.05. The first-order valence-corrected chi connectivity index (χ1v) is 11.7. The molecule has 5 rings (SSSR count). The van der Waals surface area contributed by atoms with Crippen LogP contribution in [0, 0.1) is 0 Å². The van der Waals surface area contributed by atoms with Gasteiger partial charge in [-0.25, -0.2) is 4.79 Å². The Kier molecular flexibility index (Phi) is 5.95. The van der Waals surface area contributed by atoms with Crippen LogP contribution in [0.3, 0.4) is 0 Å². The number of hydrogen-bond acceptors (Lipinski definition) is 6. The van der Waals surface area contributed by atoms with Crippen molar-refractivity contribution in [3.8, 4) is 11.1 Å². The van der Waals surface area contributed by atoms with Gasteiger partial charge in [0.2, 0.25) is 0 Å². The number of rotatable bonds is 7. The molecular formula is C25H30N6O2. The van der Waals surface area contributed by atoms with E-state index in [-0.39, 0.29) is 11.7 Å². The number of benzene rings is 1. The molecule has 4 aromatic rings. The number of ether oxygens (including phenoxy) is 1. The maximum atomic E-state index is 12.8. The number of aryl methyl sites for hydroxylation is 1. The van der Waals surface area contributed by atoms with E-state index in [4.69, 9.17) is 4.74 Å². The predicted octanol–water partition coefficient (Wildman–Crippen LogP) is 3.54. The zero-order chi connectivity index (χ0) is 22.9. The van der Waals surface area contributed by atoms with Gasteiger partial charge in [-0.2, -0.15) is 0 Å². The quantitative estimate of drug-likeness (QED) is 0.404. The average Bonchev–Trinajstić information content (AvgIpc) is 3.43. The van der Waals surface area contributed by atoms with Crippen LogP contribution in [0.4, 0.5) is 0 Å². The van der Waals surface area contributed by atoms with Crippen molar-refractivity contribution in [2.24, 2.45) is 7.05 Å². The molecule has 0 spiro atoms. The molecule has 0 N–H and O–H groups in total. The summed E-state index contributed by atoms with van der Waals surface area (Å²) in [6, 6.07) is 10.2. The van der Waals surface area contributed by atoms with Crippen molar-refractivity contribution in [1.82, 2.24) is 29.2 Å². The standard InChI is InChI=1S/C25H30N6O2/c1-17(2)31-23-21-14-18(7-9-22(21)27-28-24(23)29(3)25(31)32)19-6-8-20(26-15-19)16-33-13-12-30-10-4-5-11-30/h6-9,14-15,17H,4-5,10-13,16H2,1-3H3. The summed E-state index contributed by atoms with van der Waals surface area (Å²) in [5, 5.41) is 9.57. The van der Waals surface area contributed by atoms with Crippen molar-refractivity contribution in [3.05, 3.63) is 52.7 Å². The Hall–Kier alpha value is -3.10. The number of likely N-dealkylation sites (tertiary alicyclic amines) is 1. The molecule has 3 aromatic heterocycles. The van der Waals surface area contributed by atoms with Crippen LogP contribution in [-0.2, 0) is 18.4 Å². The Labute approximate surface area is 192 Å². The lowest BCUT2D eigenvalue weighted by molar-refractivity contribution is 0.0971. The van der Waals surface area contributed by atoms with Gasteiger partial charge in [0.25, 0.3) is 0 Å². The number of imidazole rings is 1. The van der Waals surface area contributed by atoms with Gasteiger partial charge in [0.1, 0.15) is 5.52 Å². The maximum absolute atomic E-state index is 12.8. The van der Waals surface area contributed by atoms with Gasteiger partial charge < -0.3 is 9.64 Å². The molecule has 0 amide bonds. The van der Waals surface area contributed by atoms with Crippen LogP contribution in [0.15, 0.2) is 41.3 Å². The third kappa shape index (κ3) is 4.16.